The van der Waals surface area contributed by atoms with Crippen molar-refractivity contribution in [2.45, 2.75) is 68.9 Å². The summed E-state index contributed by atoms with van der Waals surface area (Å²) in [6.45, 7) is 4.45. The number of nitrogens with zero attached hydrogens (tertiary/aromatic N) is 3. The van der Waals surface area contributed by atoms with Gasteiger partial charge in [-0.3, -0.25) is 9.59 Å². The van der Waals surface area contributed by atoms with Crippen molar-refractivity contribution in [3.05, 3.63) is 35.1 Å². The molecule has 156 valence electrons. The fraction of sp³-hybridized carbons (Fsp3) is 0.500. The molecule has 2 aromatic rings. The van der Waals surface area contributed by atoms with E-state index >= 15 is 0 Å². The number of carbonyl (C=O) groups is 2. The van der Waals surface area contributed by atoms with Crippen molar-refractivity contribution in [3.8, 4) is 0 Å². The third-order valence-electron chi connectivity index (χ3n) is 4.93. The maximum atomic E-state index is 12.5. The molecule has 1 heterocycles. The fourth-order valence-corrected chi connectivity index (χ4v) is 4.48. The van der Waals surface area contributed by atoms with E-state index in [1.54, 1.807) is 18.2 Å². The van der Waals surface area contributed by atoms with Crippen LogP contribution < -0.4 is 10.6 Å². The minimum absolute atomic E-state index is 0.0190. The molecule has 1 fully saturated rings. The molecule has 1 aliphatic carbocycles. The predicted octanol–water partition coefficient (Wildman–Crippen LogP) is 3.67. The lowest BCUT2D eigenvalue weighted by atomic mass is 10.2. The molecule has 9 heteroatoms. The van der Waals surface area contributed by atoms with Gasteiger partial charge in [0.15, 0.2) is 5.16 Å². The van der Waals surface area contributed by atoms with Crippen molar-refractivity contribution in [2.24, 2.45) is 0 Å². The Hall–Kier alpha value is -2.06. The van der Waals surface area contributed by atoms with Crippen LogP contribution in [0.15, 0.2) is 29.4 Å². The van der Waals surface area contributed by atoms with E-state index in [2.05, 4.69) is 20.8 Å². The second-order valence-corrected chi connectivity index (χ2v) is 8.81. The molecular weight excluding hydrogens is 410 g/mol. The molecule has 0 spiro atoms. The molecule has 1 aromatic carbocycles. The number of anilines is 1. The highest BCUT2D eigenvalue weighted by Gasteiger charge is 2.24. The van der Waals surface area contributed by atoms with Gasteiger partial charge in [0.1, 0.15) is 5.82 Å². The van der Waals surface area contributed by atoms with Gasteiger partial charge in [-0.25, -0.2) is 0 Å². The van der Waals surface area contributed by atoms with Gasteiger partial charge in [-0.05, 0) is 38.8 Å². The van der Waals surface area contributed by atoms with Gasteiger partial charge in [-0.15, -0.1) is 10.2 Å². The van der Waals surface area contributed by atoms with E-state index in [0.29, 0.717) is 34.3 Å². The number of benzene rings is 1. The lowest BCUT2D eigenvalue weighted by Crippen LogP contribution is -2.37. The van der Waals surface area contributed by atoms with Crippen LogP contribution in [-0.2, 0) is 22.6 Å². The molecular formula is C20H26ClN5O2S. The number of carbonyl (C=O) groups excluding carboxylic acids is 2. The Morgan fingerprint density at radius 3 is 2.69 bits per heavy atom. The van der Waals surface area contributed by atoms with Crippen molar-refractivity contribution in [3.63, 3.8) is 0 Å². The van der Waals surface area contributed by atoms with Gasteiger partial charge in [0.2, 0.25) is 11.8 Å². The lowest BCUT2D eigenvalue weighted by molar-refractivity contribution is -0.121. The standard InChI is InChI=1S/C20H26ClN5O2S/c1-3-26-17(12-18(27)23-16-11-7-6-10-15(16)21)24-25-20(26)29-13(2)19(28)22-14-8-4-5-9-14/h6-7,10-11,13-14H,3-5,8-9,12H2,1-2H3,(H,22,28)(H,23,27)/t13-/m0/s1. The second kappa shape index (κ2) is 10.1. The molecule has 29 heavy (non-hydrogen) atoms. The summed E-state index contributed by atoms with van der Waals surface area (Å²) in [6.07, 6.45) is 4.54. The number of amides is 2. The first kappa shape index (κ1) is 21.6. The highest BCUT2D eigenvalue weighted by Crippen LogP contribution is 2.25. The summed E-state index contributed by atoms with van der Waals surface area (Å²) < 4.78 is 1.87. The van der Waals surface area contributed by atoms with Crippen molar-refractivity contribution >= 4 is 40.9 Å². The van der Waals surface area contributed by atoms with Crippen LogP contribution in [-0.4, -0.2) is 37.9 Å². The smallest absolute Gasteiger partial charge is 0.233 e. The first-order chi connectivity index (χ1) is 14.0. The van der Waals surface area contributed by atoms with Gasteiger partial charge in [0, 0.05) is 12.6 Å². The number of para-hydroxylation sites is 1. The Morgan fingerprint density at radius 1 is 1.28 bits per heavy atom. The molecule has 1 aliphatic rings. The molecule has 1 atom stereocenters. The van der Waals surface area contributed by atoms with Crippen molar-refractivity contribution in [1.82, 2.24) is 20.1 Å². The number of rotatable bonds is 8. The Kier molecular flexibility index (Phi) is 7.55. The SMILES string of the molecule is CCn1c(CC(=O)Nc2ccccc2Cl)nnc1S[C@@H](C)C(=O)NC1CCCC1. The Morgan fingerprint density at radius 2 is 2.00 bits per heavy atom. The van der Waals surface area contributed by atoms with E-state index in [0.717, 1.165) is 12.8 Å². The quantitative estimate of drug-likeness (QED) is 0.617. The number of nitrogens with one attached hydrogen (secondary N) is 2. The van der Waals surface area contributed by atoms with Crippen LogP contribution in [0.5, 0.6) is 0 Å². The lowest BCUT2D eigenvalue weighted by Gasteiger charge is -2.16. The molecule has 0 radical (unpaired) electrons. The molecule has 7 nitrogen and oxygen atoms in total. The fourth-order valence-electron chi connectivity index (χ4n) is 3.36. The average molecular weight is 436 g/mol. The normalized spacial score (nSPS) is 15.3. The minimum atomic E-state index is -0.282. The van der Waals surface area contributed by atoms with E-state index in [1.165, 1.54) is 24.6 Å². The highest BCUT2D eigenvalue weighted by atomic mass is 35.5. The van der Waals surface area contributed by atoms with Crippen LogP contribution in [0.2, 0.25) is 5.02 Å². The minimum Gasteiger partial charge on any atom is -0.352 e. The largest absolute Gasteiger partial charge is 0.352 e. The van der Waals surface area contributed by atoms with Crippen LogP contribution in [0.3, 0.4) is 0 Å². The monoisotopic (exact) mass is 435 g/mol. The number of aromatic nitrogens is 3. The van der Waals surface area contributed by atoms with E-state index in [1.807, 2.05) is 24.5 Å². The Labute approximate surface area is 180 Å². The van der Waals surface area contributed by atoms with Crippen LogP contribution >= 0.6 is 23.4 Å². The second-order valence-electron chi connectivity index (χ2n) is 7.10. The Bertz CT molecular complexity index is 866. The molecule has 0 saturated heterocycles. The molecule has 0 unspecified atom stereocenters. The zero-order valence-corrected chi connectivity index (χ0v) is 18.2. The molecule has 1 saturated carbocycles. The summed E-state index contributed by atoms with van der Waals surface area (Å²) in [4.78, 5) is 24.9. The van der Waals surface area contributed by atoms with Gasteiger partial charge >= 0.3 is 0 Å². The molecule has 2 amide bonds. The maximum absolute atomic E-state index is 12.5. The first-order valence-corrected chi connectivity index (χ1v) is 11.2. The molecule has 2 N–H and O–H groups in total. The number of hydrogen-bond donors (Lipinski definition) is 2. The third kappa shape index (κ3) is 5.73. The van der Waals surface area contributed by atoms with E-state index in [9.17, 15) is 9.59 Å². The Balaban J connectivity index is 1.61. The van der Waals surface area contributed by atoms with Crippen LogP contribution in [0, 0.1) is 0 Å². The van der Waals surface area contributed by atoms with E-state index < -0.39 is 0 Å². The summed E-state index contributed by atoms with van der Waals surface area (Å²) in [5.74, 6) is 0.359. The summed E-state index contributed by atoms with van der Waals surface area (Å²) >= 11 is 7.46. The summed E-state index contributed by atoms with van der Waals surface area (Å²) in [5, 5.41) is 15.1. The maximum Gasteiger partial charge on any atom is 0.233 e. The topological polar surface area (TPSA) is 88.9 Å². The van der Waals surface area contributed by atoms with Crippen LogP contribution in [0.1, 0.15) is 45.4 Å². The number of halogens is 1. The first-order valence-electron chi connectivity index (χ1n) is 9.91. The van der Waals surface area contributed by atoms with Gasteiger partial charge in [0.25, 0.3) is 0 Å². The van der Waals surface area contributed by atoms with Gasteiger partial charge in [-0.1, -0.05) is 48.3 Å². The van der Waals surface area contributed by atoms with Crippen molar-refractivity contribution < 1.29 is 9.59 Å². The molecule has 0 aliphatic heterocycles. The highest BCUT2D eigenvalue weighted by molar-refractivity contribution is 8.00. The number of thioether (sulfide) groups is 1. The summed E-state index contributed by atoms with van der Waals surface area (Å²) in [6, 6.07) is 7.37. The van der Waals surface area contributed by atoms with Gasteiger partial charge < -0.3 is 15.2 Å². The zero-order valence-electron chi connectivity index (χ0n) is 16.7. The van der Waals surface area contributed by atoms with Crippen molar-refractivity contribution in [1.29, 1.82) is 0 Å². The molecule has 3 rings (SSSR count). The van der Waals surface area contributed by atoms with E-state index in [4.69, 9.17) is 11.6 Å². The third-order valence-corrected chi connectivity index (χ3v) is 6.34. The van der Waals surface area contributed by atoms with Gasteiger partial charge in [-0.2, -0.15) is 0 Å². The van der Waals surface area contributed by atoms with Gasteiger partial charge in [0.05, 0.1) is 22.4 Å². The number of hydrogen-bond acceptors (Lipinski definition) is 5. The molecule has 0 bridgehead atoms. The van der Waals surface area contributed by atoms with Crippen LogP contribution in [0.25, 0.3) is 0 Å². The van der Waals surface area contributed by atoms with Crippen molar-refractivity contribution in [2.75, 3.05) is 5.32 Å². The average Bonchev–Trinajstić information content (AvgIpc) is 3.33. The predicted molar refractivity (Wildman–Crippen MR) is 115 cm³/mol. The van der Waals surface area contributed by atoms with Crippen LogP contribution in [0.4, 0.5) is 5.69 Å². The molecule has 1 aromatic heterocycles. The zero-order chi connectivity index (χ0) is 20.8. The summed E-state index contributed by atoms with van der Waals surface area (Å²) in [7, 11) is 0. The summed E-state index contributed by atoms with van der Waals surface area (Å²) in [5.41, 5.74) is 0.563. The van der Waals surface area contributed by atoms with E-state index in [-0.39, 0.29) is 23.5 Å².